The van der Waals surface area contributed by atoms with Crippen LogP contribution in [0.2, 0.25) is 0 Å². The summed E-state index contributed by atoms with van der Waals surface area (Å²) in [5.41, 5.74) is 0.820. The van der Waals surface area contributed by atoms with Crippen molar-refractivity contribution in [3.63, 3.8) is 0 Å². The third-order valence-electron chi connectivity index (χ3n) is 1.99. The molecule has 0 spiro atoms. The van der Waals surface area contributed by atoms with Gasteiger partial charge in [-0.3, -0.25) is 0 Å². The van der Waals surface area contributed by atoms with E-state index in [1.165, 1.54) is 7.11 Å². The molecule has 5 heteroatoms. The molecule has 0 amide bonds. The second-order valence-corrected chi connectivity index (χ2v) is 3.82. The third kappa shape index (κ3) is 1.21. The Balaban J connectivity index is 2.66. The summed E-state index contributed by atoms with van der Waals surface area (Å²) < 4.78 is 25.5. The quantitative estimate of drug-likeness (QED) is 0.737. The highest BCUT2D eigenvalue weighted by Crippen LogP contribution is 2.37. The predicted octanol–water partition coefficient (Wildman–Crippen LogP) is 1.16. The lowest BCUT2D eigenvalue weighted by atomic mass is 10.2. The smallest absolute Gasteiger partial charge is 0.179 e. The fraction of sp³-hybridized carbons (Fsp3) is 0.222. The minimum Gasteiger partial charge on any atom is -0.493 e. The molecule has 0 N–H and O–H groups in total. The van der Waals surface area contributed by atoms with E-state index < -0.39 is 11.0 Å². The largest absolute Gasteiger partial charge is 0.493 e. The minimum absolute atomic E-state index is 0.501. The lowest BCUT2D eigenvalue weighted by Gasteiger charge is -2.09. The van der Waals surface area contributed by atoms with Crippen LogP contribution in [-0.2, 0) is 11.0 Å². The lowest BCUT2D eigenvalue weighted by molar-refractivity contribution is 0.347. The molecule has 74 valence electrons. The normalized spacial score (nSPS) is 18.0. The molecule has 0 saturated heterocycles. The molecule has 0 bridgehead atoms. The molecule has 14 heavy (non-hydrogen) atoms. The topological polar surface area (TPSA) is 47.9 Å². The van der Waals surface area contributed by atoms with E-state index in [1.807, 2.05) is 6.07 Å². The van der Waals surface area contributed by atoms with Crippen molar-refractivity contribution in [1.29, 1.82) is 0 Å². The first-order valence-electron chi connectivity index (χ1n) is 3.99. The van der Waals surface area contributed by atoms with Crippen molar-refractivity contribution in [1.82, 2.24) is 0 Å². The van der Waals surface area contributed by atoms with E-state index in [2.05, 4.69) is 4.40 Å². The van der Waals surface area contributed by atoms with Crippen molar-refractivity contribution in [2.75, 3.05) is 14.2 Å². The molecule has 1 aromatic rings. The maximum atomic E-state index is 11.5. The maximum absolute atomic E-state index is 11.5. The molecule has 1 atom stereocenters. The van der Waals surface area contributed by atoms with E-state index in [0.717, 1.165) is 5.56 Å². The van der Waals surface area contributed by atoms with Gasteiger partial charge in [0.25, 0.3) is 0 Å². The SMILES string of the molecule is COc1ccc2c(c1OC)S(=O)N=C2. The van der Waals surface area contributed by atoms with Crippen LogP contribution in [0.5, 0.6) is 11.5 Å². The zero-order valence-electron chi connectivity index (χ0n) is 7.81. The molecule has 0 radical (unpaired) electrons. The van der Waals surface area contributed by atoms with Crippen LogP contribution in [-0.4, -0.2) is 24.6 Å². The van der Waals surface area contributed by atoms with Gasteiger partial charge in [-0.25, -0.2) is 4.21 Å². The van der Waals surface area contributed by atoms with Gasteiger partial charge >= 0.3 is 0 Å². The van der Waals surface area contributed by atoms with Crippen LogP contribution < -0.4 is 9.47 Å². The molecular formula is C9H9NO3S. The highest BCUT2D eigenvalue weighted by atomic mass is 32.2. The fourth-order valence-electron chi connectivity index (χ4n) is 1.35. The summed E-state index contributed by atoms with van der Waals surface area (Å²) in [5, 5.41) is 0. The van der Waals surface area contributed by atoms with Crippen LogP contribution in [0.15, 0.2) is 21.4 Å². The van der Waals surface area contributed by atoms with Gasteiger partial charge in [0.05, 0.1) is 14.2 Å². The van der Waals surface area contributed by atoms with Gasteiger partial charge in [-0.15, -0.1) is 0 Å². The van der Waals surface area contributed by atoms with Gasteiger partial charge < -0.3 is 9.47 Å². The van der Waals surface area contributed by atoms with E-state index in [-0.39, 0.29) is 0 Å². The Bertz CT molecular complexity index is 428. The van der Waals surface area contributed by atoms with Crippen molar-refractivity contribution >= 4 is 17.2 Å². The Hall–Kier alpha value is -1.36. The van der Waals surface area contributed by atoms with E-state index in [4.69, 9.17) is 9.47 Å². The number of rotatable bonds is 2. The van der Waals surface area contributed by atoms with E-state index in [1.54, 1.807) is 19.4 Å². The number of hydrogen-bond acceptors (Lipinski definition) is 3. The molecule has 1 aliphatic heterocycles. The molecule has 1 aromatic carbocycles. The zero-order chi connectivity index (χ0) is 10.1. The van der Waals surface area contributed by atoms with Crippen LogP contribution in [0.25, 0.3) is 0 Å². The van der Waals surface area contributed by atoms with Crippen LogP contribution in [0.1, 0.15) is 5.56 Å². The summed E-state index contributed by atoms with van der Waals surface area (Å²) in [6.45, 7) is 0. The first-order valence-corrected chi connectivity index (χ1v) is 5.09. The molecule has 0 aromatic heterocycles. The second-order valence-electron chi connectivity index (χ2n) is 2.70. The van der Waals surface area contributed by atoms with Gasteiger partial charge in [0.1, 0.15) is 4.90 Å². The summed E-state index contributed by atoms with van der Waals surface area (Å²) >= 11 is 0. The first-order chi connectivity index (χ1) is 6.77. The molecule has 2 rings (SSSR count). The van der Waals surface area contributed by atoms with Crippen LogP contribution in [0.4, 0.5) is 0 Å². The Morgan fingerprint density at radius 2 is 2.07 bits per heavy atom. The number of hydrogen-bond donors (Lipinski definition) is 0. The fourth-order valence-corrected chi connectivity index (χ4v) is 2.33. The molecule has 0 fully saturated rings. The lowest BCUT2D eigenvalue weighted by Crippen LogP contribution is -1.97. The first kappa shape index (κ1) is 9.21. The number of nitrogens with zero attached hydrogens (tertiary/aromatic N) is 1. The van der Waals surface area contributed by atoms with Crippen molar-refractivity contribution in [2.45, 2.75) is 4.90 Å². The number of methoxy groups -OCH3 is 2. The average Bonchev–Trinajstić information content (AvgIpc) is 2.59. The summed E-state index contributed by atoms with van der Waals surface area (Å²) in [5.74, 6) is 1.07. The maximum Gasteiger partial charge on any atom is 0.179 e. The van der Waals surface area contributed by atoms with Crippen LogP contribution in [0, 0.1) is 0 Å². The highest BCUT2D eigenvalue weighted by Gasteiger charge is 2.22. The summed E-state index contributed by atoms with van der Waals surface area (Å²) in [6.07, 6.45) is 1.58. The third-order valence-corrected chi connectivity index (χ3v) is 3.06. The van der Waals surface area contributed by atoms with Crippen molar-refractivity contribution < 1.29 is 13.7 Å². The number of fused-ring (bicyclic) bond motifs is 1. The molecular weight excluding hydrogens is 202 g/mol. The van der Waals surface area contributed by atoms with Gasteiger partial charge in [-0.1, -0.05) is 0 Å². The van der Waals surface area contributed by atoms with Gasteiger partial charge in [0.2, 0.25) is 0 Å². The van der Waals surface area contributed by atoms with Crippen LogP contribution in [0.3, 0.4) is 0 Å². The summed E-state index contributed by atoms with van der Waals surface area (Å²) in [4.78, 5) is 0.590. The van der Waals surface area contributed by atoms with Crippen molar-refractivity contribution in [3.8, 4) is 11.5 Å². The molecule has 1 heterocycles. The Labute approximate surface area is 84.2 Å². The predicted molar refractivity (Wildman–Crippen MR) is 53.5 cm³/mol. The Morgan fingerprint density at radius 1 is 1.29 bits per heavy atom. The average molecular weight is 211 g/mol. The molecule has 1 aliphatic rings. The Morgan fingerprint density at radius 3 is 2.71 bits per heavy atom. The zero-order valence-corrected chi connectivity index (χ0v) is 8.63. The second kappa shape index (κ2) is 3.42. The summed E-state index contributed by atoms with van der Waals surface area (Å²) in [7, 11) is 1.71. The minimum atomic E-state index is -1.36. The van der Waals surface area contributed by atoms with Gasteiger partial charge in [-0.05, 0) is 12.1 Å². The van der Waals surface area contributed by atoms with Crippen LogP contribution >= 0.6 is 0 Å². The van der Waals surface area contributed by atoms with Crippen molar-refractivity contribution in [2.24, 2.45) is 4.40 Å². The molecule has 4 nitrogen and oxygen atoms in total. The van der Waals surface area contributed by atoms with E-state index >= 15 is 0 Å². The number of ether oxygens (including phenoxy) is 2. The van der Waals surface area contributed by atoms with Gasteiger partial charge in [0, 0.05) is 11.8 Å². The molecule has 0 aliphatic carbocycles. The number of benzene rings is 1. The summed E-state index contributed by atoms with van der Waals surface area (Å²) in [6, 6.07) is 3.58. The Kier molecular flexibility index (Phi) is 2.25. The molecule has 1 unspecified atom stereocenters. The monoisotopic (exact) mass is 211 g/mol. The molecule has 0 saturated carbocycles. The van der Waals surface area contributed by atoms with Gasteiger partial charge in [-0.2, -0.15) is 4.40 Å². The highest BCUT2D eigenvalue weighted by molar-refractivity contribution is 7.84. The van der Waals surface area contributed by atoms with Crippen molar-refractivity contribution in [3.05, 3.63) is 17.7 Å². The van der Waals surface area contributed by atoms with Gasteiger partial charge in [0.15, 0.2) is 22.5 Å². The standard InChI is InChI=1S/C9H9NO3S/c1-12-7-4-3-6-5-10-14(11)9(6)8(7)13-2/h3-5H,1-2H3. The van der Waals surface area contributed by atoms with E-state index in [9.17, 15) is 4.21 Å². The van der Waals surface area contributed by atoms with E-state index in [0.29, 0.717) is 16.4 Å².